The van der Waals surface area contributed by atoms with E-state index in [0.717, 1.165) is 48.8 Å². The van der Waals surface area contributed by atoms with E-state index >= 15 is 0 Å². The van der Waals surface area contributed by atoms with Crippen molar-refractivity contribution >= 4 is 25.8 Å². The first kappa shape index (κ1) is 25.2. The van der Waals surface area contributed by atoms with Gasteiger partial charge in [0.1, 0.15) is 5.84 Å². The summed E-state index contributed by atoms with van der Waals surface area (Å²) in [7, 11) is -1.70. The van der Waals surface area contributed by atoms with Gasteiger partial charge in [0, 0.05) is 17.0 Å². The molecule has 1 aromatic carbocycles. The second-order valence-corrected chi connectivity index (χ2v) is 18.2. The smallest absolute Gasteiger partial charge is 0.318 e. The summed E-state index contributed by atoms with van der Waals surface area (Å²) in [6.45, 7) is 11.9. The standard InChI is InChI=1S/C28H40N4O3Si/c1-26(2)21-17-29-23(31-24(33)28(12-9-13-28)36(3,4)5)20(21)18-32(26)25(34)30-22(16-27(35)14-15-27)19-10-7-6-8-11-19/h6-8,10-11,22,35H,9,12-18H2,1-5H3,(H,30,34)(H,29,31,33)/t22-/m1/s1. The van der Waals surface area contributed by atoms with Gasteiger partial charge in [-0.25, -0.2) is 4.79 Å². The number of hydrogen-bond donors (Lipinski definition) is 3. The van der Waals surface area contributed by atoms with Gasteiger partial charge in [0.2, 0.25) is 5.91 Å². The predicted octanol–water partition coefficient (Wildman–Crippen LogP) is 4.53. The molecule has 7 nitrogen and oxygen atoms in total. The summed E-state index contributed by atoms with van der Waals surface area (Å²) in [5, 5.41) is 16.8. The Bertz CT molecular complexity index is 1130. The van der Waals surface area contributed by atoms with E-state index in [9.17, 15) is 14.7 Å². The molecule has 1 atom stereocenters. The van der Waals surface area contributed by atoms with E-state index in [1.165, 1.54) is 0 Å². The molecule has 3 N–H and O–H groups in total. The van der Waals surface area contributed by atoms with E-state index in [-0.39, 0.29) is 23.0 Å². The van der Waals surface area contributed by atoms with Crippen LogP contribution in [-0.4, -0.2) is 60.1 Å². The van der Waals surface area contributed by atoms with E-state index in [4.69, 9.17) is 4.99 Å². The monoisotopic (exact) mass is 508 g/mol. The minimum atomic E-state index is -1.70. The third-order valence-corrected chi connectivity index (χ3v) is 12.8. The summed E-state index contributed by atoms with van der Waals surface area (Å²) in [5.74, 6) is 0.762. The Hall–Kier alpha value is -2.45. The molecule has 5 rings (SSSR count). The van der Waals surface area contributed by atoms with Crippen LogP contribution in [0.4, 0.5) is 4.79 Å². The topological polar surface area (TPSA) is 94.0 Å². The molecule has 0 radical (unpaired) electrons. The first-order valence-electron chi connectivity index (χ1n) is 13.3. The number of carbonyl (C=O) groups excluding carboxylic acids is 2. The first-order chi connectivity index (χ1) is 16.9. The highest BCUT2D eigenvalue weighted by Crippen LogP contribution is 2.55. The molecular weight excluding hydrogens is 468 g/mol. The molecule has 3 amide bonds. The molecule has 0 spiro atoms. The fraction of sp³-hybridized carbons (Fsp3) is 0.607. The van der Waals surface area contributed by atoms with Gasteiger partial charge in [-0.1, -0.05) is 56.4 Å². The molecule has 2 aliphatic heterocycles. The average Bonchev–Trinajstić information content (AvgIpc) is 3.24. The third-order valence-electron chi connectivity index (χ3n) is 9.24. The van der Waals surface area contributed by atoms with Gasteiger partial charge in [0.05, 0.1) is 38.3 Å². The van der Waals surface area contributed by atoms with E-state index in [0.29, 0.717) is 25.3 Å². The zero-order valence-corrected chi connectivity index (χ0v) is 23.3. The average molecular weight is 509 g/mol. The lowest BCUT2D eigenvalue weighted by Gasteiger charge is -2.49. The number of hydrogen-bond acceptors (Lipinski definition) is 4. The maximum Gasteiger partial charge on any atom is 0.318 e. The molecular formula is C28H40N4O3Si. The highest BCUT2D eigenvalue weighted by Gasteiger charge is 2.54. The molecule has 2 saturated carbocycles. The molecule has 2 aliphatic carbocycles. The number of urea groups is 1. The second kappa shape index (κ2) is 8.55. The van der Waals surface area contributed by atoms with Crippen LogP contribution in [0.5, 0.6) is 0 Å². The number of rotatable bonds is 6. The van der Waals surface area contributed by atoms with Crippen LogP contribution >= 0.6 is 0 Å². The Kier molecular flexibility index (Phi) is 5.99. The van der Waals surface area contributed by atoms with Crippen molar-refractivity contribution in [2.24, 2.45) is 4.99 Å². The van der Waals surface area contributed by atoms with Gasteiger partial charge in [-0.2, -0.15) is 0 Å². The highest BCUT2D eigenvalue weighted by atomic mass is 28.3. The first-order valence-corrected chi connectivity index (χ1v) is 16.8. The number of carbonyl (C=O) groups is 2. The van der Waals surface area contributed by atoms with Crippen molar-refractivity contribution in [3.8, 4) is 0 Å². The van der Waals surface area contributed by atoms with Crippen LogP contribution in [0.15, 0.2) is 46.5 Å². The molecule has 2 heterocycles. The van der Waals surface area contributed by atoms with Gasteiger partial charge in [-0.05, 0) is 50.7 Å². The fourth-order valence-corrected chi connectivity index (χ4v) is 8.75. The van der Waals surface area contributed by atoms with Gasteiger partial charge in [-0.3, -0.25) is 9.79 Å². The number of nitrogens with one attached hydrogen (secondary N) is 2. The molecule has 8 heteroatoms. The van der Waals surface area contributed by atoms with Gasteiger partial charge in [0.15, 0.2) is 0 Å². The van der Waals surface area contributed by atoms with Gasteiger partial charge in [-0.15, -0.1) is 0 Å². The number of benzene rings is 1. The summed E-state index contributed by atoms with van der Waals surface area (Å²) in [4.78, 5) is 33.7. The molecule has 194 valence electrons. The Balaban J connectivity index is 1.31. The van der Waals surface area contributed by atoms with Crippen LogP contribution < -0.4 is 10.6 Å². The van der Waals surface area contributed by atoms with Crippen LogP contribution in [0.3, 0.4) is 0 Å². The Labute approximate surface area is 215 Å². The van der Waals surface area contributed by atoms with Crippen molar-refractivity contribution in [2.45, 2.75) is 94.2 Å². The zero-order chi connectivity index (χ0) is 25.9. The summed E-state index contributed by atoms with van der Waals surface area (Å²) >= 11 is 0. The lowest BCUT2D eigenvalue weighted by atomic mass is 9.83. The molecule has 4 aliphatic rings. The van der Waals surface area contributed by atoms with Crippen molar-refractivity contribution in [2.75, 3.05) is 13.1 Å². The summed E-state index contributed by atoms with van der Waals surface area (Å²) in [6.07, 6.45) is 5.08. The van der Waals surface area contributed by atoms with Crippen molar-refractivity contribution in [1.29, 1.82) is 0 Å². The van der Waals surface area contributed by atoms with Gasteiger partial charge in [0.25, 0.3) is 0 Å². The maximum atomic E-state index is 13.6. The van der Waals surface area contributed by atoms with Crippen molar-refractivity contribution in [3.63, 3.8) is 0 Å². The minimum Gasteiger partial charge on any atom is -0.390 e. The molecule has 0 aromatic heterocycles. The highest BCUT2D eigenvalue weighted by molar-refractivity contribution is 6.82. The summed E-state index contributed by atoms with van der Waals surface area (Å²) in [5.41, 5.74) is 1.87. The Morgan fingerprint density at radius 1 is 1.11 bits per heavy atom. The van der Waals surface area contributed by atoms with Crippen LogP contribution in [0.1, 0.15) is 64.0 Å². The molecule has 1 aromatic rings. The molecule has 0 unspecified atom stereocenters. The van der Waals surface area contributed by atoms with E-state index < -0.39 is 19.2 Å². The van der Waals surface area contributed by atoms with Gasteiger partial charge >= 0.3 is 6.03 Å². The van der Waals surface area contributed by atoms with Crippen LogP contribution in [0, 0.1) is 0 Å². The lowest BCUT2D eigenvalue weighted by molar-refractivity contribution is -0.125. The molecule has 0 bridgehead atoms. The van der Waals surface area contributed by atoms with Crippen LogP contribution in [-0.2, 0) is 4.79 Å². The van der Waals surface area contributed by atoms with Crippen LogP contribution in [0.25, 0.3) is 0 Å². The number of amidine groups is 1. The minimum absolute atomic E-state index is 0.114. The van der Waals surface area contributed by atoms with Gasteiger partial charge < -0.3 is 20.6 Å². The van der Waals surface area contributed by atoms with Crippen molar-refractivity contribution in [1.82, 2.24) is 15.5 Å². The zero-order valence-electron chi connectivity index (χ0n) is 22.3. The Morgan fingerprint density at radius 3 is 2.33 bits per heavy atom. The number of nitrogens with zero attached hydrogens (tertiary/aromatic N) is 2. The maximum absolute atomic E-state index is 13.6. The van der Waals surface area contributed by atoms with E-state index in [2.05, 4.69) is 44.1 Å². The molecule has 36 heavy (non-hydrogen) atoms. The van der Waals surface area contributed by atoms with Crippen molar-refractivity contribution < 1.29 is 14.7 Å². The lowest BCUT2D eigenvalue weighted by Crippen LogP contribution is -2.55. The molecule has 2 fully saturated rings. The quantitative estimate of drug-likeness (QED) is 0.493. The number of aliphatic imine (C=N–C) groups is 1. The number of amides is 3. The normalized spacial score (nSPS) is 23.9. The molecule has 0 saturated heterocycles. The van der Waals surface area contributed by atoms with Crippen molar-refractivity contribution in [3.05, 3.63) is 47.0 Å². The predicted molar refractivity (Wildman–Crippen MR) is 145 cm³/mol. The van der Waals surface area contributed by atoms with E-state index in [1.807, 2.05) is 35.2 Å². The second-order valence-electron chi connectivity index (χ2n) is 12.7. The number of aliphatic hydroxyl groups is 1. The van der Waals surface area contributed by atoms with Crippen LogP contribution in [0.2, 0.25) is 24.7 Å². The SMILES string of the molecule is CC1(C)C2=C(CN1C(=O)N[C@H](CC1(O)CC1)c1ccccc1)C(NC(=O)C1([Si](C)(C)C)CCC1)=NC2. The largest absolute Gasteiger partial charge is 0.390 e. The Morgan fingerprint density at radius 2 is 1.78 bits per heavy atom. The fourth-order valence-electron chi connectivity index (χ4n) is 6.15. The third kappa shape index (κ3) is 4.22. The van der Waals surface area contributed by atoms with E-state index in [1.54, 1.807) is 0 Å². The summed E-state index contributed by atoms with van der Waals surface area (Å²) in [6, 6.07) is 9.45. The summed E-state index contributed by atoms with van der Waals surface area (Å²) < 4.78 is 0.